The van der Waals surface area contributed by atoms with Crippen molar-refractivity contribution in [3.8, 4) is 0 Å². The number of hydrogen-bond acceptors (Lipinski definition) is 7. The number of hydrogen-bond donors (Lipinski definition) is 7. The molecule has 0 bridgehead atoms. The number of carbonyl (C=O) groups excluding carboxylic acids is 3. The van der Waals surface area contributed by atoms with E-state index >= 15 is 0 Å². The molecular formula is C25H34N6O7. The molecular weight excluding hydrogens is 496 g/mol. The number of amides is 3. The highest BCUT2D eigenvalue weighted by molar-refractivity contribution is 5.94. The number of benzene rings is 1. The van der Waals surface area contributed by atoms with E-state index in [0.717, 1.165) is 5.56 Å². The average Bonchev–Trinajstić information content (AvgIpc) is 3.37. The Morgan fingerprint density at radius 1 is 0.921 bits per heavy atom. The lowest BCUT2D eigenvalue weighted by Crippen LogP contribution is -2.59. The minimum atomic E-state index is -1.45. The van der Waals surface area contributed by atoms with Crippen molar-refractivity contribution >= 4 is 29.7 Å². The molecule has 0 aliphatic rings. The van der Waals surface area contributed by atoms with Gasteiger partial charge >= 0.3 is 11.9 Å². The highest BCUT2D eigenvalue weighted by atomic mass is 16.4. The van der Waals surface area contributed by atoms with Gasteiger partial charge < -0.3 is 36.9 Å². The summed E-state index contributed by atoms with van der Waals surface area (Å²) in [5, 5.41) is 25.8. The van der Waals surface area contributed by atoms with Gasteiger partial charge in [0, 0.05) is 31.2 Å². The zero-order valence-electron chi connectivity index (χ0n) is 21.2. The summed E-state index contributed by atoms with van der Waals surface area (Å²) < 4.78 is 0. The molecule has 0 aliphatic carbocycles. The van der Waals surface area contributed by atoms with E-state index in [-0.39, 0.29) is 19.3 Å². The molecule has 0 saturated heterocycles. The van der Waals surface area contributed by atoms with Crippen LogP contribution in [0.3, 0.4) is 0 Å². The van der Waals surface area contributed by atoms with Crippen molar-refractivity contribution in [3.05, 3.63) is 54.1 Å². The van der Waals surface area contributed by atoms with Crippen LogP contribution in [-0.4, -0.2) is 74.0 Å². The van der Waals surface area contributed by atoms with Crippen LogP contribution in [0.5, 0.6) is 0 Å². The van der Waals surface area contributed by atoms with Crippen LogP contribution in [0.25, 0.3) is 0 Å². The van der Waals surface area contributed by atoms with Gasteiger partial charge in [0.2, 0.25) is 17.7 Å². The SMILES string of the molecule is CC(C)C(NC(=O)C(Cc1ccccc1)NC(=O)C(N)Cc1cnc[nH]1)C(=O)NC(CCC(=O)O)C(=O)O. The van der Waals surface area contributed by atoms with E-state index in [2.05, 4.69) is 25.9 Å². The molecule has 0 radical (unpaired) electrons. The van der Waals surface area contributed by atoms with Gasteiger partial charge in [0.05, 0.1) is 12.4 Å². The molecule has 1 aromatic carbocycles. The fourth-order valence-electron chi connectivity index (χ4n) is 3.64. The van der Waals surface area contributed by atoms with E-state index in [1.165, 1.54) is 12.5 Å². The second-order valence-corrected chi connectivity index (χ2v) is 9.20. The third-order valence-corrected chi connectivity index (χ3v) is 5.76. The molecule has 0 saturated carbocycles. The molecule has 1 heterocycles. The Hall–Kier alpha value is -4.26. The maximum atomic E-state index is 13.3. The van der Waals surface area contributed by atoms with Gasteiger partial charge in [-0.15, -0.1) is 0 Å². The molecule has 4 unspecified atom stereocenters. The van der Waals surface area contributed by atoms with Gasteiger partial charge in [-0.1, -0.05) is 44.2 Å². The highest BCUT2D eigenvalue weighted by Crippen LogP contribution is 2.09. The van der Waals surface area contributed by atoms with Gasteiger partial charge in [0.25, 0.3) is 0 Å². The van der Waals surface area contributed by atoms with Crippen molar-refractivity contribution in [1.82, 2.24) is 25.9 Å². The molecule has 13 nitrogen and oxygen atoms in total. The van der Waals surface area contributed by atoms with Gasteiger partial charge in [-0.05, 0) is 17.9 Å². The van der Waals surface area contributed by atoms with Crippen molar-refractivity contribution in [2.75, 3.05) is 0 Å². The summed E-state index contributed by atoms with van der Waals surface area (Å²) in [6, 6.07) is 4.27. The van der Waals surface area contributed by atoms with Crippen LogP contribution in [0.4, 0.5) is 0 Å². The van der Waals surface area contributed by atoms with Crippen LogP contribution < -0.4 is 21.7 Å². The molecule has 2 aromatic rings. The molecule has 4 atom stereocenters. The monoisotopic (exact) mass is 530 g/mol. The minimum absolute atomic E-state index is 0.109. The number of rotatable bonds is 15. The van der Waals surface area contributed by atoms with Crippen LogP contribution in [0.2, 0.25) is 0 Å². The van der Waals surface area contributed by atoms with Crippen LogP contribution in [0.1, 0.15) is 37.9 Å². The second-order valence-electron chi connectivity index (χ2n) is 9.20. The van der Waals surface area contributed by atoms with Gasteiger partial charge in [-0.25, -0.2) is 9.78 Å². The van der Waals surface area contributed by atoms with E-state index < -0.39 is 66.2 Å². The summed E-state index contributed by atoms with van der Waals surface area (Å²) in [5.74, 6) is -5.09. The van der Waals surface area contributed by atoms with Crippen LogP contribution in [-0.2, 0) is 36.8 Å². The van der Waals surface area contributed by atoms with E-state index in [1.807, 2.05) is 0 Å². The molecule has 0 aliphatic heterocycles. The van der Waals surface area contributed by atoms with Gasteiger partial charge in [0.1, 0.15) is 18.1 Å². The summed E-state index contributed by atoms with van der Waals surface area (Å²) in [6.45, 7) is 3.31. The predicted octanol–water partition coefficient (Wildman–Crippen LogP) is -0.418. The van der Waals surface area contributed by atoms with Crippen molar-refractivity contribution in [3.63, 3.8) is 0 Å². The summed E-state index contributed by atoms with van der Waals surface area (Å²) in [7, 11) is 0. The minimum Gasteiger partial charge on any atom is -0.481 e. The Morgan fingerprint density at radius 3 is 2.13 bits per heavy atom. The molecule has 2 rings (SSSR count). The number of carboxylic acid groups (broad SMARTS) is 2. The molecule has 0 spiro atoms. The largest absolute Gasteiger partial charge is 0.481 e. The second kappa shape index (κ2) is 14.5. The molecule has 8 N–H and O–H groups in total. The Bertz CT molecular complexity index is 1090. The van der Waals surface area contributed by atoms with Crippen LogP contribution in [0, 0.1) is 5.92 Å². The summed E-state index contributed by atoms with van der Waals surface area (Å²) in [6.07, 6.45) is 2.48. The molecule has 38 heavy (non-hydrogen) atoms. The van der Waals surface area contributed by atoms with Crippen molar-refractivity contribution in [2.45, 2.75) is 63.7 Å². The Balaban J connectivity index is 2.16. The number of H-pyrrole nitrogens is 1. The number of nitrogens with two attached hydrogens (primary N) is 1. The Morgan fingerprint density at radius 2 is 1.58 bits per heavy atom. The fraction of sp³-hybridized carbons (Fsp3) is 0.440. The standard InChI is InChI=1S/C25H34N6O7/c1-14(2)21(24(36)29-18(25(37)38)8-9-20(32)33)31-23(35)19(10-15-6-4-3-5-7-15)30-22(34)17(26)11-16-12-27-13-28-16/h3-7,12-14,17-19,21H,8-11,26H2,1-2H3,(H,27,28)(H,29,36)(H,30,34)(H,31,35)(H,32,33)(H,37,38). The normalized spacial score (nSPS) is 14.1. The summed E-state index contributed by atoms with van der Waals surface area (Å²) in [5.41, 5.74) is 7.42. The first-order valence-electron chi connectivity index (χ1n) is 12.1. The third-order valence-electron chi connectivity index (χ3n) is 5.76. The number of carbonyl (C=O) groups is 5. The first-order chi connectivity index (χ1) is 18.0. The number of aromatic amines is 1. The average molecular weight is 531 g/mol. The van der Waals surface area contributed by atoms with E-state index in [4.69, 9.17) is 10.8 Å². The number of nitrogens with zero attached hydrogens (tertiary/aromatic N) is 1. The first kappa shape index (κ1) is 30.0. The van der Waals surface area contributed by atoms with Crippen LogP contribution in [0.15, 0.2) is 42.9 Å². The molecule has 206 valence electrons. The molecule has 3 amide bonds. The Kier molecular flexibility index (Phi) is 11.4. The highest BCUT2D eigenvalue weighted by Gasteiger charge is 2.32. The lowest BCUT2D eigenvalue weighted by Gasteiger charge is -2.27. The quantitative estimate of drug-likeness (QED) is 0.159. The Labute approximate surface area is 219 Å². The summed E-state index contributed by atoms with van der Waals surface area (Å²) >= 11 is 0. The predicted molar refractivity (Wildman–Crippen MR) is 136 cm³/mol. The lowest BCUT2D eigenvalue weighted by atomic mass is 10.00. The molecule has 1 aromatic heterocycles. The zero-order valence-corrected chi connectivity index (χ0v) is 21.2. The van der Waals surface area contributed by atoms with Crippen molar-refractivity contribution < 1.29 is 34.2 Å². The molecule has 0 fully saturated rings. The van der Waals surface area contributed by atoms with Gasteiger partial charge in [-0.3, -0.25) is 19.2 Å². The van der Waals surface area contributed by atoms with E-state index in [0.29, 0.717) is 5.69 Å². The lowest BCUT2D eigenvalue weighted by molar-refractivity contribution is -0.143. The fourth-order valence-corrected chi connectivity index (χ4v) is 3.64. The third kappa shape index (κ3) is 9.65. The van der Waals surface area contributed by atoms with Crippen molar-refractivity contribution in [2.24, 2.45) is 11.7 Å². The maximum absolute atomic E-state index is 13.3. The van der Waals surface area contributed by atoms with Gasteiger partial charge in [-0.2, -0.15) is 0 Å². The smallest absolute Gasteiger partial charge is 0.326 e. The number of aliphatic carboxylic acids is 2. The summed E-state index contributed by atoms with van der Waals surface area (Å²) in [4.78, 5) is 68.2. The van der Waals surface area contributed by atoms with E-state index in [1.54, 1.807) is 44.2 Å². The number of nitrogens with one attached hydrogen (secondary N) is 4. The number of imidazole rings is 1. The topological polar surface area (TPSA) is 217 Å². The van der Waals surface area contributed by atoms with Gasteiger partial charge in [0.15, 0.2) is 0 Å². The first-order valence-corrected chi connectivity index (χ1v) is 12.1. The maximum Gasteiger partial charge on any atom is 0.326 e. The number of carboxylic acids is 2. The van der Waals surface area contributed by atoms with E-state index in [9.17, 15) is 29.1 Å². The number of aromatic nitrogens is 2. The van der Waals surface area contributed by atoms with Crippen LogP contribution >= 0.6 is 0 Å². The molecule has 13 heteroatoms. The van der Waals surface area contributed by atoms with Crippen molar-refractivity contribution in [1.29, 1.82) is 0 Å². The zero-order chi connectivity index (χ0) is 28.2.